The molecule has 1 aliphatic rings. The predicted octanol–water partition coefficient (Wildman–Crippen LogP) is 3.27. The fraction of sp³-hybridized carbons (Fsp3) is 0.273. The van der Waals surface area contributed by atoms with Gasteiger partial charge in [0.1, 0.15) is 5.60 Å². The number of fused-ring (bicyclic) bond motifs is 2. The molecule has 0 unspecified atom stereocenters. The topological polar surface area (TPSA) is 96.5 Å². The van der Waals surface area contributed by atoms with Gasteiger partial charge in [-0.05, 0) is 51.2 Å². The molecule has 0 heterocycles. The van der Waals surface area contributed by atoms with Crippen LogP contribution in [0.2, 0.25) is 0 Å². The van der Waals surface area contributed by atoms with Gasteiger partial charge in [0.25, 0.3) is 0 Å². The van der Waals surface area contributed by atoms with E-state index < -0.39 is 11.7 Å². The molecule has 0 fully saturated rings. The quantitative estimate of drug-likeness (QED) is 0.436. The van der Waals surface area contributed by atoms with Crippen LogP contribution in [0.25, 0.3) is 0 Å². The molecule has 156 valence electrons. The summed E-state index contributed by atoms with van der Waals surface area (Å²) in [6, 6.07) is 11.7. The lowest BCUT2D eigenvalue weighted by Crippen LogP contribution is -2.39. The zero-order chi connectivity index (χ0) is 21.9. The molecule has 1 aliphatic carbocycles. The molecular formula is C22H23N3O4S. The molecule has 7 nitrogen and oxygen atoms in total. The first-order chi connectivity index (χ1) is 14.2. The molecule has 1 amide bonds. The molecule has 30 heavy (non-hydrogen) atoms. The van der Waals surface area contributed by atoms with Crippen LogP contribution in [0.4, 0.5) is 10.5 Å². The summed E-state index contributed by atoms with van der Waals surface area (Å²) in [7, 11) is 0. The first-order valence-electron chi connectivity index (χ1n) is 9.50. The number of ketones is 2. The fourth-order valence-corrected chi connectivity index (χ4v) is 3.23. The van der Waals surface area contributed by atoms with Gasteiger partial charge >= 0.3 is 6.09 Å². The number of hydrogen-bond acceptors (Lipinski definition) is 5. The number of alkyl carbamates (subject to hydrolysis) is 1. The molecule has 2 aromatic rings. The van der Waals surface area contributed by atoms with Crippen molar-refractivity contribution < 1.29 is 19.1 Å². The maximum atomic E-state index is 12.8. The van der Waals surface area contributed by atoms with Crippen molar-refractivity contribution in [2.75, 3.05) is 18.4 Å². The summed E-state index contributed by atoms with van der Waals surface area (Å²) >= 11 is 5.26. The van der Waals surface area contributed by atoms with Crippen LogP contribution in [0.1, 0.15) is 52.6 Å². The summed E-state index contributed by atoms with van der Waals surface area (Å²) in [6.45, 7) is 6.09. The van der Waals surface area contributed by atoms with Crippen LogP contribution in [0.3, 0.4) is 0 Å². The van der Waals surface area contributed by atoms with Crippen LogP contribution >= 0.6 is 12.2 Å². The average Bonchev–Trinajstić information content (AvgIpc) is 2.68. The van der Waals surface area contributed by atoms with E-state index in [0.717, 1.165) is 0 Å². The molecule has 0 atom stereocenters. The van der Waals surface area contributed by atoms with Crippen molar-refractivity contribution in [3.8, 4) is 0 Å². The molecule has 3 rings (SSSR count). The highest BCUT2D eigenvalue weighted by atomic mass is 32.1. The predicted molar refractivity (Wildman–Crippen MR) is 118 cm³/mol. The van der Waals surface area contributed by atoms with Gasteiger partial charge in [-0.1, -0.05) is 24.3 Å². The van der Waals surface area contributed by atoms with Gasteiger partial charge in [-0.3, -0.25) is 9.59 Å². The minimum atomic E-state index is -0.555. The third-order valence-electron chi connectivity index (χ3n) is 4.26. The smallest absolute Gasteiger partial charge is 0.407 e. The van der Waals surface area contributed by atoms with Crippen molar-refractivity contribution in [2.45, 2.75) is 26.4 Å². The average molecular weight is 426 g/mol. The first kappa shape index (κ1) is 21.4. The summed E-state index contributed by atoms with van der Waals surface area (Å²) in [6.07, 6.45) is -0.499. The van der Waals surface area contributed by atoms with Gasteiger partial charge in [0.15, 0.2) is 16.7 Å². The number of thiocarbonyl (C=S) groups is 1. The maximum absolute atomic E-state index is 12.8. The third kappa shape index (κ3) is 5.01. The second kappa shape index (κ2) is 8.62. The summed E-state index contributed by atoms with van der Waals surface area (Å²) < 4.78 is 5.15. The number of ether oxygens (including phenoxy) is 1. The first-order valence-corrected chi connectivity index (χ1v) is 9.91. The van der Waals surface area contributed by atoms with E-state index in [1.54, 1.807) is 63.2 Å². The summed E-state index contributed by atoms with van der Waals surface area (Å²) in [5, 5.41) is 8.91. The Morgan fingerprint density at radius 1 is 0.900 bits per heavy atom. The van der Waals surface area contributed by atoms with Crippen molar-refractivity contribution in [3.05, 3.63) is 64.7 Å². The Bertz CT molecular complexity index is 1030. The summed E-state index contributed by atoms with van der Waals surface area (Å²) in [5.74, 6) is -0.357. The molecule has 2 aromatic carbocycles. The van der Waals surface area contributed by atoms with Gasteiger partial charge in [0, 0.05) is 41.0 Å². The Morgan fingerprint density at radius 3 is 2.10 bits per heavy atom. The lowest BCUT2D eigenvalue weighted by molar-refractivity contribution is 0.0528. The highest BCUT2D eigenvalue weighted by Crippen LogP contribution is 2.29. The lowest BCUT2D eigenvalue weighted by Gasteiger charge is -2.20. The van der Waals surface area contributed by atoms with Gasteiger partial charge in [-0.2, -0.15) is 0 Å². The standard InChI is InChI=1S/C22H23N3O4S/c1-22(2,3)29-21(28)24-11-10-23-20(30)25-13-8-9-16-17(12-13)19(27)15-7-5-4-6-14(15)18(16)26/h4-9,12H,10-11H2,1-3H3,(H,24,28)(H2,23,25,30). The molecule has 0 bridgehead atoms. The number of benzene rings is 2. The number of hydrogen-bond donors (Lipinski definition) is 3. The molecule has 0 spiro atoms. The van der Waals surface area contributed by atoms with Crippen molar-refractivity contribution in [2.24, 2.45) is 0 Å². The largest absolute Gasteiger partial charge is 0.444 e. The fourth-order valence-electron chi connectivity index (χ4n) is 3.01. The Morgan fingerprint density at radius 2 is 1.47 bits per heavy atom. The third-order valence-corrected chi connectivity index (χ3v) is 4.51. The van der Waals surface area contributed by atoms with Crippen molar-refractivity contribution in [3.63, 3.8) is 0 Å². The van der Waals surface area contributed by atoms with Gasteiger partial charge < -0.3 is 20.7 Å². The second-order valence-corrected chi connectivity index (χ2v) is 8.18. The number of rotatable bonds is 4. The van der Waals surface area contributed by atoms with Crippen LogP contribution in [0, 0.1) is 0 Å². The normalized spacial score (nSPS) is 12.5. The van der Waals surface area contributed by atoms with E-state index in [-0.39, 0.29) is 11.6 Å². The van der Waals surface area contributed by atoms with E-state index in [1.807, 2.05) is 0 Å². The number of anilines is 1. The molecule has 0 aromatic heterocycles. The Kier molecular flexibility index (Phi) is 6.17. The molecule has 0 radical (unpaired) electrons. The van der Waals surface area contributed by atoms with Crippen LogP contribution < -0.4 is 16.0 Å². The molecule has 0 saturated carbocycles. The maximum Gasteiger partial charge on any atom is 0.407 e. The molecule has 0 aliphatic heterocycles. The molecule has 0 saturated heterocycles. The molecule has 8 heteroatoms. The summed E-state index contributed by atoms with van der Waals surface area (Å²) in [5.41, 5.74) is 1.58. The second-order valence-electron chi connectivity index (χ2n) is 7.77. The van der Waals surface area contributed by atoms with Crippen LogP contribution in [-0.2, 0) is 4.74 Å². The zero-order valence-corrected chi connectivity index (χ0v) is 17.8. The highest BCUT2D eigenvalue weighted by molar-refractivity contribution is 7.80. The Labute approximate surface area is 180 Å². The molecule has 3 N–H and O–H groups in total. The van der Waals surface area contributed by atoms with Gasteiger partial charge in [0.05, 0.1) is 0 Å². The van der Waals surface area contributed by atoms with Crippen LogP contribution in [0.5, 0.6) is 0 Å². The van der Waals surface area contributed by atoms with Gasteiger partial charge in [-0.25, -0.2) is 4.79 Å². The minimum absolute atomic E-state index is 0.166. The minimum Gasteiger partial charge on any atom is -0.444 e. The number of carbonyl (C=O) groups excluding carboxylic acids is 3. The number of amides is 1. The Balaban J connectivity index is 1.57. The summed E-state index contributed by atoms with van der Waals surface area (Å²) in [4.78, 5) is 37.0. The van der Waals surface area contributed by atoms with Gasteiger partial charge in [-0.15, -0.1) is 0 Å². The zero-order valence-electron chi connectivity index (χ0n) is 17.0. The van der Waals surface area contributed by atoms with E-state index >= 15 is 0 Å². The highest BCUT2D eigenvalue weighted by Gasteiger charge is 2.29. The van der Waals surface area contributed by atoms with E-state index in [0.29, 0.717) is 46.1 Å². The van der Waals surface area contributed by atoms with E-state index in [2.05, 4.69) is 16.0 Å². The van der Waals surface area contributed by atoms with Crippen molar-refractivity contribution in [1.29, 1.82) is 0 Å². The van der Waals surface area contributed by atoms with Crippen molar-refractivity contribution in [1.82, 2.24) is 10.6 Å². The molecular weight excluding hydrogens is 402 g/mol. The SMILES string of the molecule is CC(C)(C)OC(=O)NCCNC(=S)Nc1ccc2c(c1)C(=O)c1ccccc1C2=O. The van der Waals surface area contributed by atoms with E-state index in [9.17, 15) is 14.4 Å². The Hall–Kier alpha value is -3.26. The van der Waals surface area contributed by atoms with Crippen LogP contribution in [-0.4, -0.2) is 41.5 Å². The van der Waals surface area contributed by atoms with Gasteiger partial charge in [0.2, 0.25) is 0 Å². The number of nitrogens with one attached hydrogen (secondary N) is 3. The van der Waals surface area contributed by atoms with Crippen molar-refractivity contribution >= 4 is 40.7 Å². The monoisotopic (exact) mass is 425 g/mol. The van der Waals surface area contributed by atoms with E-state index in [4.69, 9.17) is 17.0 Å². The lowest BCUT2D eigenvalue weighted by atomic mass is 9.84. The van der Waals surface area contributed by atoms with Crippen LogP contribution in [0.15, 0.2) is 42.5 Å². The van der Waals surface area contributed by atoms with E-state index in [1.165, 1.54) is 0 Å². The number of carbonyl (C=O) groups is 3.